The van der Waals surface area contributed by atoms with Crippen LogP contribution in [0.4, 0.5) is 21.1 Å². The summed E-state index contributed by atoms with van der Waals surface area (Å²) < 4.78 is 15.9. The Labute approximate surface area is 200 Å². The van der Waals surface area contributed by atoms with E-state index in [2.05, 4.69) is 4.98 Å². The highest BCUT2D eigenvalue weighted by Crippen LogP contribution is 2.26. The number of imide groups is 1. The molecular weight excluding hydrogens is 438 g/mol. The summed E-state index contributed by atoms with van der Waals surface area (Å²) in [6, 6.07) is 13.1. The Balaban J connectivity index is 2.57. The van der Waals surface area contributed by atoms with E-state index < -0.39 is 35.4 Å². The molecule has 2 amide bonds. The molecule has 9 heteroatoms. The zero-order chi connectivity index (χ0) is 25.5. The number of aromatic nitrogens is 1. The van der Waals surface area contributed by atoms with Gasteiger partial charge in [0.2, 0.25) is 0 Å². The van der Waals surface area contributed by atoms with Crippen molar-refractivity contribution in [1.82, 2.24) is 9.88 Å². The molecule has 1 aromatic heterocycles. The van der Waals surface area contributed by atoms with Gasteiger partial charge >= 0.3 is 18.2 Å². The first-order valence-corrected chi connectivity index (χ1v) is 10.9. The summed E-state index contributed by atoms with van der Waals surface area (Å²) in [6.45, 7) is 9.83. The van der Waals surface area contributed by atoms with E-state index in [1.807, 2.05) is 30.3 Å². The van der Waals surface area contributed by atoms with Crippen LogP contribution in [0.3, 0.4) is 0 Å². The molecule has 0 radical (unpaired) electrons. The number of benzene rings is 1. The molecule has 0 bridgehead atoms. The smallest absolute Gasteiger partial charge is 0.420 e. The molecule has 0 aliphatic rings. The minimum atomic E-state index is -1.39. The van der Waals surface area contributed by atoms with Gasteiger partial charge in [-0.2, -0.15) is 4.90 Å². The van der Waals surface area contributed by atoms with Crippen LogP contribution in [-0.4, -0.2) is 58.9 Å². The number of pyridine rings is 1. The van der Waals surface area contributed by atoms with Crippen LogP contribution < -0.4 is 4.90 Å². The second-order valence-corrected chi connectivity index (χ2v) is 9.50. The molecular formula is C25H33N3O6. The zero-order valence-electron chi connectivity index (χ0n) is 20.8. The monoisotopic (exact) mass is 471 g/mol. The third kappa shape index (κ3) is 7.75. The number of hydrogen-bond acceptors (Lipinski definition) is 8. The van der Waals surface area contributed by atoms with Crippen molar-refractivity contribution in [3.8, 4) is 0 Å². The largest absolute Gasteiger partial charge is 0.467 e. The van der Waals surface area contributed by atoms with Gasteiger partial charge in [-0.3, -0.25) is 0 Å². The molecule has 1 aromatic carbocycles. The second kappa shape index (κ2) is 11.0. The Morgan fingerprint density at radius 3 is 1.82 bits per heavy atom. The van der Waals surface area contributed by atoms with E-state index in [1.54, 1.807) is 70.8 Å². The molecule has 2 rings (SSSR count). The van der Waals surface area contributed by atoms with E-state index >= 15 is 0 Å². The quantitative estimate of drug-likeness (QED) is 0.432. The molecule has 1 heterocycles. The highest BCUT2D eigenvalue weighted by molar-refractivity contribution is 5.94. The van der Waals surface area contributed by atoms with Crippen molar-refractivity contribution < 1.29 is 28.6 Å². The molecule has 0 aliphatic carbocycles. The topological polar surface area (TPSA) is 98.3 Å². The standard InChI is InChI=1S/C25H33N3O6/c1-24(2,3)33-22(30)28(23(31)34-25(4,5)6)19(21(29)32-7)17-27(18-13-9-8-10-14-18)20-15-11-12-16-26-20/h8-16,19H,17H2,1-7H3/t19-/m1/s1. The highest BCUT2D eigenvalue weighted by Gasteiger charge is 2.42. The van der Waals surface area contributed by atoms with E-state index in [0.29, 0.717) is 16.4 Å². The van der Waals surface area contributed by atoms with Crippen LogP contribution >= 0.6 is 0 Å². The highest BCUT2D eigenvalue weighted by atomic mass is 16.6. The predicted octanol–water partition coefficient (Wildman–Crippen LogP) is 4.93. The fourth-order valence-corrected chi connectivity index (χ4v) is 2.97. The van der Waals surface area contributed by atoms with Crippen molar-refractivity contribution in [1.29, 1.82) is 0 Å². The van der Waals surface area contributed by atoms with Gasteiger partial charge in [0.15, 0.2) is 6.04 Å². The van der Waals surface area contributed by atoms with Crippen molar-refractivity contribution in [2.24, 2.45) is 0 Å². The van der Waals surface area contributed by atoms with Crippen molar-refractivity contribution >= 4 is 29.7 Å². The first-order chi connectivity index (χ1) is 15.8. The maximum atomic E-state index is 13.2. The molecule has 0 unspecified atom stereocenters. The number of methoxy groups -OCH3 is 1. The van der Waals surface area contributed by atoms with Gasteiger partial charge in [0.1, 0.15) is 17.0 Å². The fraction of sp³-hybridized carbons (Fsp3) is 0.440. The van der Waals surface area contributed by atoms with Crippen molar-refractivity contribution in [2.75, 3.05) is 18.6 Å². The SMILES string of the molecule is COC(=O)[C@@H](CN(c1ccccc1)c1ccccn1)N(C(=O)OC(C)(C)C)C(=O)OC(C)(C)C. The predicted molar refractivity (Wildman–Crippen MR) is 128 cm³/mol. The van der Waals surface area contributed by atoms with Crippen LogP contribution in [0.15, 0.2) is 54.7 Å². The lowest BCUT2D eigenvalue weighted by Gasteiger charge is -2.35. The minimum absolute atomic E-state index is 0.147. The molecule has 0 N–H and O–H groups in total. The summed E-state index contributed by atoms with van der Waals surface area (Å²) in [5.74, 6) is -0.301. The number of ether oxygens (including phenoxy) is 3. The summed E-state index contributed by atoms with van der Waals surface area (Å²) in [5.41, 5.74) is -1.14. The summed E-state index contributed by atoms with van der Waals surface area (Å²) in [5, 5.41) is 0. The lowest BCUT2D eigenvalue weighted by Crippen LogP contribution is -2.55. The Morgan fingerprint density at radius 1 is 0.853 bits per heavy atom. The van der Waals surface area contributed by atoms with E-state index in [0.717, 1.165) is 0 Å². The van der Waals surface area contributed by atoms with Crippen LogP contribution in [0.1, 0.15) is 41.5 Å². The number of hydrogen-bond donors (Lipinski definition) is 0. The maximum absolute atomic E-state index is 13.2. The van der Waals surface area contributed by atoms with Gasteiger partial charge in [-0.25, -0.2) is 19.4 Å². The number of para-hydroxylation sites is 1. The third-order valence-electron chi connectivity index (χ3n) is 4.31. The number of carbonyl (C=O) groups is 3. The van der Waals surface area contributed by atoms with Crippen LogP contribution in [0.5, 0.6) is 0 Å². The van der Waals surface area contributed by atoms with Crippen molar-refractivity contribution in [3.63, 3.8) is 0 Å². The van der Waals surface area contributed by atoms with Gasteiger partial charge in [0, 0.05) is 11.9 Å². The average molecular weight is 472 g/mol. The van der Waals surface area contributed by atoms with Crippen molar-refractivity contribution in [2.45, 2.75) is 58.8 Å². The fourth-order valence-electron chi connectivity index (χ4n) is 2.97. The zero-order valence-corrected chi connectivity index (χ0v) is 20.8. The third-order valence-corrected chi connectivity index (χ3v) is 4.31. The first-order valence-electron chi connectivity index (χ1n) is 10.9. The van der Waals surface area contributed by atoms with E-state index in [9.17, 15) is 14.4 Å². The lowest BCUT2D eigenvalue weighted by atomic mass is 10.2. The number of carbonyl (C=O) groups excluding carboxylic acids is 3. The summed E-state index contributed by atoms with van der Waals surface area (Å²) in [7, 11) is 1.19. The van der Waals surface area contributed by atoms with E-state index in [-0.39, 0.29) is 6.54 Å². The summed E-state index contributed by atoms with van der Waals surface area (Å²) >= 11 is 0. The van der Waals surface area contributed by atoms with Gasteiger partial charge < -0.3 is 19.1 Å². The molecule has 0 saturated carbocycles. The van der Waals surface area contributed by atoms with Gasteiger partial charge in [-0.05, 0) is 65.8 Å². The molecule has 9 nitrogen and oxygen atoms in total. The Hall–Kier alpha value is -3.62. The van der Waals surface area contributed by atoms with Gasteiger partial charge in [0.05, 0.1) is 13.7 Å². The van der Waals surface area contributed by atoms with Crippen LogP contribution in [-0.2, 0) is 19.0 Å². The Morgan fingerprint density at radius 2 is 1.38 bits per heavy atom. The number of nitrogens with zero attached hydrogens (tertiary/aromatic N) is 3. The average Bonchev–Trinajstić information content (AvgIpc) is 2.74. The number of rotatable bonds is 6. The number of anilines is 2. The lowest BCUT2D eigenvalue weighted by molar-refractivity contribution is -0.146. The maximum Gasteiger partial charge on any atom is 0.420 e. The minimum Gasteiger partial charge on any atom is -0.467 e. The molecule has 0 saturated heterocycles. The molecule has 0 aliphatic heterocycles. The van der Waals surface area contributed by atoms with E-state index in [4.69, 9.17) is 14.2 Å². The summed E-state index contributed by atoms with van der Waals surface area (Å²) in [4.78, 5) is 46.1. The van der Waals surface area contributed by atoms with Crippen LogP contribution in [0.2, 0.25) is 0 Å². The number of esters is 1. The second-order valence-electron chi connectivity index (χ2n) is 9.50. The number of amides is 2. The van der Waals surface area contributed by atoms with Crippen LogP contribution in [0, 0.1) is 0 Å². The molecule has 0 fully saturated rings. The van der Waals surface area contributed by atoms with Crippen molar-refractivity contribution in [3.05, 3.63) is 54.7 Å². The van der Waals surface area contributed by atoms with Gasteiger partial charge in [0.25, 0.3) is 0 Å². The first kappa shape index (κ1) is 26.6. The normalized spacial score (nSPS) is 12.3. The molecule has 184 valence electrons. The molecule has 2 aromatic rings. The Bertz CT molecular complexity index is 900. The molecule has 0 spiro atoms. The Kier molecular flexibility index (Phi) is 8.62. The van der Waals surface area contributed by atoms with E-state index in [1.165, 1.54) is 7.11 Å². The molecule has 1 atom stereocenters. The molecule has 34 heavy (non-hydrogen) atoms. The summed E-state index contributed by atoms with van der Waals surface area (Å²) in [6.07, 6.45) is -0.435. The van der Waals surface area contributed by atoms with Crippen LogP contribution in [0.25, 0.3) is 0 Å². The van der Waals surface area contributed by atoms with Gasteiger partial charge in [-0.1, -0.05) is 24.3 Å². The van der Waals surface area contributed by atoms with Gasteiger partial charge in [-0.15, -0.1) is 0 Å².